The summed E-state index contributed by atoms with van der Waals surface area (Å²) in [6.45, 7) is 5.31. The van der Waals surface area contributed by atoms with Gasteiger partial charge in [0.15, 0.2) is 5.78 Å². The minimum atomic E-state index is -0.322. The van der Waals surface area contributed by atoms with E-state index in [0.29, 0.717) is 24.9 Å². The van der Waals surface area contributed by atoms with Crippen molar-refractivity contribution in [1.82, 2.24) is 10.2 Å². The van der Waals surface area contributed by atoms with Gasteiger partial charge in [0.25, 0.3) is 0 Å². The summed E-state index contributed by atoms with van der Waals surface area (Å²) in [5.74, 6) is -0.170. The number of rotatable bonds is 9. The third-order valence-electron chi connectivity index (χ3n) is 6.19. The third-order valence-corrected chi connectivity index (χ3v) is 6.19. The van der Waals surface area contributed by atoms with Gasteiger partial charge in [-0.2, -0.15) is 0 Å². The first kappa shape index (κ1) is 22.2. The molecule has 2 aromatic carbocycles. The van der Waals surface area contributed by atoms with Crippen molar-refractivity contribution in [3.63, 3.8) is 0 Å². The molecule has 160 valence electrons. The minimum Gasteiger partial charge on any atom is -0.355 e. The number of likely N-dealkylation sites (tertiary alicyclic amines) is 1. The zero-order valence-corrected chi connectivity index (χ0v) is 17.7. The smallest absolute Gasteiger partial charge is 0.219 e. The predicted octanol–water partition coefficient (Wildman–Crippen LogP) is 4.35. The second kappa shape index (κ2) is 10.5. The molecule has 1 saturated heterocycles. The molecule has 30 heavy (non-hydrogen) atoms. The summed E-state index contributed by atoms with van der Waals surface area (Å²) in [6, 6.07) is 16.2. The molecular weight excluding hydrogens is 379 g/mol. The van der Waals surface area contributed by atoms with Crippen LogP contribution in [0.5, 0.6) is 0 Å². The number of piperidine rings is 1. The lowest BCUT2D eigenvalue weighted by Gasteiger charge is -2.42. The zero-order chi connectivity index (χ0) is 21.4. The SMILES string of the molecule is CCC(=O)NCC1(c2ccccc2)CCN(CCCC(=O)c2ccc(F)cc2)CC1. The van der Waals surface area contributed by atoms with Crippen LogP contribution in [0.25, 0.3) is 0 Å². The lowest BCUT2D eigenvalue weighted by atomic mass is 9.72. The maximum Gasteiger partial charge on any atom is 0.219 e. The van der Waals surface area contributed by atoms with Crippen molar-refractivity contribution in [2.75, 3.05) is 26.2 Å². The van der Waals surface area contributed by atoms with Crippen molar-refractivity contribution in [1.29, 1.82) is 0 Å². The number of carbonyl (C=O) groups excluding carboxylic acids is 2. The van der Waals surface area contributed by atoms with Crippen LogP contribution in [0.4, 0.5) is 4.39 Å². The van der Waals surface area contributed by atoms with Crippen molar-refractivity contribution in [2.45, 2.75) is 44.4 Å². The molecule has 4 nitrogen and oxygen atoms in total. The van der Waals surface area contributed by atoms with Gasteiger partial charge in [-0.3, -0.25) is 9.59 Å². The molecular formula is C25H31FN2O2. The van der Waals surface area contributed by atoms with Crippen LogP contribution in [-0.2, 0) is 10.2 Å². The summed E-state index contributed by atoms with van der Waals surface area (Å²) in [5, 5.41) is 3.11. The van der Waals surface area contributed by atoms with Gasteiger partial charge in [-0.25, -0.2) is 4.39 Å². The van der Waals surface area contributed by atoms with Crippen molar-refractivity contribution >= 4 is 11.7 Å². The molecule has 1 fully saturated rings. The first-order chi connectivity index (χ1) is 14.5. The van der Waals surface area contributed by atoms with Gasteiger partial charge in [-0.1, -0.05) is 37.3 Å². The molecule has 0 atom stereocenters. The van der Waals surface area contributed by atoms with Gasteiger partial charge in [-0.15, -0.1) is 0 Å². The molecule has 0 saturated carbocycles. The van der Waals surface area contributed by atoms with Crippen molar-refractivity contribution in [3.05, 3.63) is 71.5 Å². The van der Waals surface area contributed by atoms with E-state index in [4.69, 9.17) is 0 Å². The van der Waals surface area contributed by atoms with Crippen LogP contribution in [0.3, 0.4) is 0 Å². The fraction of sp³-hybridized carbons (Fsp3) is 0.440. The molecule has 0 aliphatic carbocycles. The van der Waals surface area contributed by atoms with E-state index in [1.54, 1.807) is 12.1 Å². The Morgan fingerprint density at radius 2 is 1.70 bits per heavy atom. The minimum absolute atomic E-state index is 0.0352. The largest absolute Gasteiger partial charge is 0.355 e. The van der Waals surface area contributed by atoms with Crippen molar-refractivity contribution in [3.8, 4) is 0 Å². The van der Waals surface area contributed by atoms with Crippen molar-refractivity contribution < 1.29 is 14.0 Å². The van der Waals surface area contributed by atoms with Crippen LogP contribution in [-0.4, -0.2) is 42.8 Å². The molecule has 3 rings (SSSR count). The van der Waals surface area contributed by atoms with Crippen LogP contribution in [0.15, 0.2) is 54.6 Å². The van der Waals surface area contributed by atoms with Gasteiger partial charge in [0.2, 0.25) is 5.91 Å². The lowest BCUT2D eigenvalue weighted by molar-refractivity contribution is -0.121. The number of amides is 1. The second-order valence-corrected chi connectivity index (χ2v) is 8.15. The van der Waals surface area contributed by atoms with E-state index in [2.05, 4.69) is 34.5 Å². The normalized spacial score (nSPS) is 16.2. The number of hydrogen-bond donors (Lipinski definition) is 1. The van der Waals surface area contributed by atoms with Crippen LogP contribution in [0.2, 0.25) is 0 Å². The Balaban J connectivity index is 1.52. The van der Waals surface area contributed by atoms with Gasteiger partial charge in [-0.05, 0) is 68.7 Å². The predicted molar refractivity (Wildman–Crippen MR) is 117 cm³/mol. The number of ketones is 1. The molecule has 1 aliphatic heterocycles. The number of halogens is 1. The average Bonchev–Trinajstić information content (AvgIpc) is 2.79. The Kier molecular flexibility index (Phi) is 7.75. The topological polar surface area (TPSA) is 49.4 Å². The highest BCUT2D eigenvalue weighted by atomic mass is 19.1. The van der Waals surface area contributed by atoms with E-state index < -0.39 is 0 Å². The Labute approximate surface area is 178 Å². The van der Waals surface area contributed by atoms with Crippen LogP contribution >= 0.6 is 0 Å². The summed E-state index contributed by atoms with van der Waals surface area (Å²) in [6.07, 6.45) is 3.72. The van der Waals surface area contributed by atoms with Gasteiger partial charge < -0.3 is 10.2 Å². The first-order valence-corrected chi connectivity index (χ1v) is 10.9. The number of nitrogens with zero attached hydrogens (tertiary/aromatic N) is 1. The van der Waals surface area contributed by atoms with E-state index in [0.717, 1.165) is 38.9 Å². The van der Waals surface area contributed by atoms with Crippen LogP contribution < -0.4 is 5.32 Å². The molecule has 0 spiro atoms. The van der Waals surface area contributed by atoms with Gasteiger partial charge in [0.1, 0.15) is 5.82 Å². The van der Waals surface area contributed by atoms with Gasteiger partial charge in [0, 0.05) is 30.4 Å². The van der Waals surface area contributed by atoms with E-state index in [9.17, 15) is 14.0 Å². The molecule has 1 amide bonds. The van der Waals surface area contributed by atoms with Crippen LogP contribution in [0, 0.1) is 5.82 Å². The fourth-order valence-electron chi connectivity index (χ4n) is 4.20. The molecule has 1 N–H and O–H groups in total. The number of hydrogen-bond acceptors (Lipinski definition) is 3. The molecule has 5 heteroatoms. The molecule has 0 bridgehead atoms. The number of benzene rings is 2. The van der Waals surface area contributed by atoms with Crippen molar-refractivity contribution in [2.24, 2.45) is 0 Å². The number of Topliss-reactive ketones (excluding diaryl/α,β-unsaturated/α-hetero) is 1. The molecule has 0 radical (unpaired) electrons. The Morgan fingerprint density at radius 1 is 1.03 bits per heavy atom. The Morgan fingerprint density at radius 3 is 2.33 bits per heavy atom. The standard InChI is InChI=1S/C25H31FN2O2/c1-2-24(30)27-19-25(21-7-4-3-5-8-21)14-17-28(18-15-25)16-6-9-23(29)20-10-12-22(26)13-11-20/h3-5,7-8,10-13H,2,6,9,14-19H2,1H3,(H,27,30). The molecule has 0 aromatic heterocycles. The highest BCUT2D eigenvalue weighted by Gasteiger charge is 2.36. The molecule has 0 unspecified atom stereocenters. The molecule has 1 heterocycles. The number of carbonyl (C=O) groups is 2. The fourth-order valence-corrected chi connectivity index (χ4v) is 4.20. The summed E-state index contributed by atoms with van der Waals surface area (Å²) in [7, 11) is 0. The average molecular weight is 411 g/mol. The third kappa shape index (κ3) is 5.76. The highest BCUT2D eigenvalue weighted by molar-refractivity contribution is 5.95. The molecule has 1 aliphatic rings. The summed E-state index contributed by atoms with van der Waals surface area (Å²) in [4.78, 5) is 26.5. The Bertz CT molecular complexity index is 828. The maximum absolute atomic E-state index is 13.0. The van der Waals surface area contributed by atoms with Gasteiger partial charge >= 0.3 is 0 Å². The van der Waals surface area contributed by atoms with E-state index in [1.807, 2.05) is 13.0 Å². The van der Waals surface area contributed by atoms with Gasteiger partial charge in [0.05, 0.1) is 0 Å². The van der Waals surface area contributed by atoms with Crippen LogP contribution in [0.1, 0.15) is 54.9 Å². The number of nitrogens with one attached hydrogen (secondary N) is 1. The quantitative estimate of drug-likeness (QED) is 0.626. The summed E-state index contributed by atoms with van der Waals surface area (Å²) >= 11 is 0. The summed E-state index contributed by atoms with van der Waals surface area (Å²) in [5.41, 5.74) is 1.82. The first-order valence-electron chi connectivity index (χ1n) is 10.9. The summed E-state index contributed by atoms with van der Waals surface area (Å²) < 4.78 is 13.0. The maximum atomic E-state index is 13.0. The van der Waals surface area contributed by atoms with E-state index in [1.165, 1.54) is 17.7 Å². The Hall–Kier alpha value is -2.53. The van der Waals surface area contributed by atoms with E-state index in [-0.39, 0.29) is 22.9 Å². The van der Waals surface area contributed by atoms with E-state index >= 15 is 0 Å². The monoisotopic (exact) mass is 410 g/mol. The zero-order valence-electron chi connectivity index (χ0n) is 17.7. The highest BCUT2D eigenvalue weighted by Crippen LogP contribution is 2.35. The molecule has 2 aromatic rings. The second-order valence-electron chi connectivity index (χ2n) is 8.15. The lowest BCUT2D eigenvalue weighted by Crippen LogP contribution is -2.49.